The number of carbonyl (C=O) groups is 4. The van der Waals surface area contributed by atoms with Gasteiger partial charge in [0.15, 0.2) is 6.10 Å². The molecule has 2 aromatic carbocycles. The molecule has 8 heteroatoms. The number of hydrogen-bond donors (Lipinski definition) is 1. The Morgan fingerprint density at radius 2 is 1.72 bits per heavy atom. The number of esters is 1. The summed E-state index contributed by atoms with van der Waals surface area (Å²) < 4.78 is 5.11. The fraction of sp³-hybridized carbons (Fsp3) is 0.238. The monoisotopic (exact) mass is 414 g/mol. The van der Waals surface area contributed by atoms with Crippen LogP contribution in [0.4, 0.5) is 5.69 Å². The van der Waals surface area contributed by atoms with Gasteiger partial charge in [0, 0.05) is 17.3 Å². The third kappa shape index (κ3) is 4.46. The average molecular weight is 415 g/mol. The summed E-state index contributed by atoms with van der Waals surface area (Å²) in [6.45, 7) is 3.16. The van der Waals surface area contributed by atoms with E-state index in [1.807, 2.05) is 6.92 Å². The number of nitrogens with zero attached hydrogens (tertiary/aromatic N) is 1. The molecule has 3 amide bonds. The molecule has 0 saturated carbocycles. The Morgan fingerprint density at radius 1 is 1.10 bits per heavy atom. The van der Waals surface area contributed by atoms with Crippen molar-refractivity contribution in [1.82, 2.24) is 4.90 Å². The molecule has 1 atom stereocenters. The molecule has 2 aromatic rings. The van der Waals surface area contributed by atoms with E-state index in [0.717, 1.165) is 10.5 Å². The number of amides is 3. The van der Waals surface area contributed by atoms with Gasteiger partial charge in [-0.25, -0.2) is 0 Å². The lowest BCUT2D eigenvalue weighted by atomic mass is 10.1. The van der Waals surface area contributed by atoms with Crippen LogP contribution in [0.5, 0.6) is 0 Å². The molecule has 0 spiro atoms. The van der Waals surface area contributed by atoms with Crippen molar-refractivity contribution in [2.45, 2.75) is 26.4 Å². The smallest absolute Gasteiger partial charge is 0.308 e. The third-order valence-electron chi connectivity index (χ3n) is 4.53. The molecule has 3 rings (SSSR count). The van der Waals surface area contributed by atoms with E-state index in [-0.39, 0.29) is 13.0 Å². The van der Waals surface area contributed by atoms with Crippen LogP contribution in [-0.2, 0) is 14.3 Å². The second kappa shape index (κ2) is 8.45. The normalized spacial score (nSPS) is 13.8. The summed E-state index contributed by atoms with van der Waals surface area (Å²) in [7, 11) is 0. The first kappa shape index (κ1) is 20.5. The van der Waals surface area contributed by atoms with E-state index >= 15 is 0 Å². The van der Waals surface area contributed by atoms with E-state index in [4.69, 9.17) is 16.3 Å². The number of hydrogen-bond acceptors (Lipinski definition) is 5. The molecule has 0 unspecified atom stereocenters. The van der Waals surface area contributed by atoms with Crippen LogP contribution in [0.15, 0.2) is 42.5 Å². The number of halogens is 1. The first-order chi connectivity index (χ1) is 13.8. The van der Waals surface area contributed by atoms with Crippen molar-refractivity contribution in [3.8, 4) is 0 Å². The van der Waals surface area contributed by atoms with Crippen LogP contribution in [-0.4, -0.2) is 41.2 Å². The van der Waals surface area contributed by atoms with E-state index < -0.39 is 29.8 Å². The number of ether oxygens (including phenoxy) is 1. The van der Waals surface area contributed by atoms with Crippen LogP contribution < -0.4 is 5.32 Å². The lowest BCUT2D eigenvalue weighted by molar-refractivity contribution is -0.153. The van der Waals surface area contributed by atoms with Gasteiger partial charge in [-0.05, 0) is 43.7 Å². The highest BCUT2D eigenvalue weighted by Crippen LogP contribution is 2.23. The van der Waals surface area contributed by atoms with Crippen molar-refractivity contribution in [1.29, 1.82) is 0 Å². The highest BCUT2D eigenvalue weighted by molar-refractivity contribution is 6.31. The van der Waals surface area contributed by atoms with Gasteiger partial charge >= 0.3 is 5.97 Å². The van der Waals surface area contributed by atoms with Gasteiger partial charge in [0.2, 0.25) is 0 Å². The van der Waals surface area contributed by atoms with Gasteiger partial charge in [0.1, 0.15) is 0 Å². The second-order valence-electron chi connectivity index (χ2n) is 6.64. The Labute approximate surface area is 172 Å². The molecule has 1 aliphatic rings. The SMILES string of the molecule is Cc1ccc(NC(=O)[C@@H](C)OC(=O)CCN2C(=O)c3ccccc3C2=O)cc1Cl. The third-order valence-corrected chi connectivity index (χ3v) is 4.94. The summed E-state index contributed by atoms with van der Waals surface area (Å²) in [5.41, 5.74) is 1.99. The summed E-state index contributed by atoms with van der Waals surface area (Å²) in [4.78, 5) is 49.9. The maximum atomic E-state index is 12.3. The molecule has 29 heavy (non-hydrogen) atoms. The molecule has 1 aliphatic heterocycles. The van der Waals surface area contributed by atoms with E-state index in [1.54, 1.807) is 42.5 Å². The van der Waals surface area contributed by atoms with Crippen LogP contribution in [0.1, 0.15) is 39.6 Å². The number of fused-ring (bicyclic) bond motifs is 1. The molecule has 150 valence electrons. The molecule has 0 bridgehead atoms. The molecule has 0 radical (unpaired) electrons. The molecule has 1 heterocycles. The molecular weight excluding hydrogens is 396 g/mol. The summed E-state index contributed by atoms with van der Waals surface area (Å²) in [6.07, 6.45) is -1.26. The zero-order valence-electron chi connectivity index (χ0n) is 15.9. The number of nitrogens with one attached hydrogen (secondary N) is 1. The number of imide groups is 1. The zero-order valence-corrected chi connectivity index (χ0v) is 16.7. The van der Waals surface area contributed by atoms with Crippen molar-refractivity contribution in [2.75, 3.05) is 11.9 Å². The summed E-state index contributed by atoms with van der Waals surface area (Å²) in [6, 6.07) is 11.5. The van der Waals surface area contributed by atoms with Crippen LogP contribution in [0.3, 0.4) is 0 Å². The van der Waals surface area contributed by atoms with Gasteiger partial charge in [-0.15, -0.1) is 0 Å². The second-order valence-corrected chi connectivity index (χ2v) is 7.05. The van der Waals surface area contributed by atoms with Gasteiger partial charge in [-0.3, -0.25) is 24.1 Å². The lowest BCUT2D eigenvalue weighted by Crippen LogP contribution is -2.34. The standard InChI is InChI=1S/C21H19ClN2O5/c1-12-7-8-14(11-17(12)22)23-19(26)13(2)29-18(25)9-10-24-20(27)15-5-3-4-6-16(15)21(24)28/h3-8,11,13H,9-10H2,1-2H3,(H,23,26)/t13-/m1/s1. The lowest BCUT2D eigenvalue weighted by Gasteiger charge is -2.16. The number of rotatable bonds is 6. The van der Waals surface area contributed by atoms with Crippen LogP contribution in [0, 0.1) is 6.92 Å². The average Bonchev–Trinajstić information content (AvgIpc) is 2.93. The maximum Gasteiger partial charge on any atom is 0.308 e. The Balaban J connectivity index is 1.51. The minimum atomic E-state index is -1.05. The summed E-state index contributed by atoms with van der Waals surface area (Å²) in [5, 5.41) is 3.13. The van der Waals surface area contributed by atoms with Gasteiger partial charge in [-0.1, -0.05) is 29.8 Å². The molecule has 0 aliphatic carbocycles. The van der Waals surface area contributed by atoms with Crippen LogP contribution in [0.25, 0.3) is 0 Å². The van der Waals surface area contributed by atoms with Gasteiger partial charge < -0.3 is 10.1 Å². The highest BCUT2D eigenvalue weighted by atomic mass is 35.5. The van der Waals surface area contributed by atoms with Gasteiger partial charge in [0.25, 0.3) is 17.7 Å². The fourth-order valence-corrected chi connectivity index (χ4v) is 3.05. The van der Waals surface area contributed by atoms with E-state index in [0.29, 0.717) is 21.8 Å². The molecular formula is C21H19ClN2O5. The Bertz CT molecular complexity index is 969. The van der Waals surface area contributed by atoms with Crippen molar-refractivity contribution in [2.24, 2.45) is 0 Å². The molecule has 0 fully saturated rings. The maximum absolute atomic E-state index is 12.3. The quantitative estimate of drug-likeness (QED) is 0.578. The number of anilines is 1. The highest BCUT2D eigenvalue weighted by Gasteiger charge is 2.35. The predicted octanol–water partition coefficient (Wildman–Crippen LogP) is 3.20. The van der Waals surface area contributed by atoms with Crippen LogP contribution in [0.2, 0.25) is 5.02 Å². The number of aryl methyl sites for hydroxylation is 1. The molecule has 1 N–H and O–H groups in total. The summed E-state index contributed by atoms with van der Waals surface area (Å²) in [5.74, 6) is -2.09. The first-order valence-electron chi connectivity index (χ1n) is 8.99. The molecule has 0 aromatic heterocycles. The predicted molar refractivity (Wildman–Crippen MR) is 107 cm³/mol. The van der Waals surface area contributed by atoms with E-state index in [1.165, 1.54) is 6.92 Å². The van der Waals surface area contributed by atoms with Gasteiger partial charge in [0.05, 0.1) is 17.5 Å². The minimum Gasteiger partial charge on any atom is -0.452 e. The van der Waals surface area contributed by atoms with Crippen molar-refractivity contribution in [3.05, 3.63) is 64.2 Å². The number of benzene rings is 2. The Hall–Kier alpha value is -3.19. The van der Waals surface area contributed by atoms with E-state index in [2.05, 4.69) is 5.32 Å². The van der Waals surface area contributed by atoms with Crippen molar-refractivity contribution in [3.63, 3.8) is 0 Å². The van der Waals surface area contributed by atoms with Gasteiger partial charge in [-0.2, -0.15) is 0 Å². The molecule has 7 nitrogen and oxygen atoms in total. The first-order valence-corrected chi connectivity index (χ1v) is 9.37. The van der Waals surface area contributed by atoms with E-state index in [9.17, 15) is 19.2 Å². The molecule has 0 saturated heterocycles. The minimum absolute atomic E-state index is 0.118. The van der Waals surface area contributed by atoms with Crippen molar-refractivity contribution < 1.29 is 23.9 Å². The zero-order chi connectivity index (χ0) is 21.1. The van der Waals surface area contributed by atoms with Crippen molar-refractivity contribution >= 4 is 41.0 Å². The fourth-order valence-electron chi connectivity index (χ4n) is 2.87. The number of carbonyl (C=O) groups excluding carboxylic acids is 4. The topological polar surface area (TPSA) is 92.8 Å². The Kier molecular flexibility index (Phi) is 5.98. The van der Waals surface area contributed by atoms with Crippen LogP contribution >= 0.6 is 11.6 Å². The largest absolute Gasteiger partial charge is 0.452 e. The summed E-state index contributed by atoms with van der Waals surface area (Å²) >= 11 is 6.03. The Morgan fingerprint density at radius 3 is 2.31 bits per heavy atom.